The summed E-state index contributed by atoms with van der Waals surface area (Å²) in [5.74, 6) is 1.44. The standard InChI is InChI=1S/C17H20N4O/c1-10-15(11(2)22-21-10)13-5-3-4-12-6-7-17(8-14(12)13)9-19-16(18)20-17/h3-5H,6-9H2,1-2H3,(H3,18,19,20). The van der Waals surface area contributed by atoms with Crippen LogP contribution in [0, 0.1) is 13.8 Å². The second kappa shape index (κ2) is 4.60. The molecule has 1 aromatic heterocycles. The third kappa shape index (κ3) is 1.92. The summed E-state index contributed by atoms with van der Waals surface area (Å²) in [5.41, 5.74) is 11.8. The van der Waals surface area contributed by atoms with Gasteiger partial charge in [0, 0.05) is 18.5 Å². The van der Waals surface area contributed by atoms with Crippen LogP contribution < -0.4 is 11.1 Å². The van der Waals surface area contributed by atoms with Crippen molar-refractivity contribution in [1.29, 1.82) is 0 Å². The van der Waals surface area contributed by atoms with Gasteiger partial charge in [-0.1, -0.05) is 23.4 Å². The van der Waals surface area contributed by atoms with Gasteiger partial charge in [0.15, 0.2) is 5.96 Å². The Morgan fingerprint density at radius 1 is 1.32 bits per heavy atom. The highest BCUT2D eigenvalue weighted by Crippen LogP contribution is 2.39. The van der Waals surface area contributed by atoms with Crippen molar-refractivity contribution in [2.24, 2.45) is 10.7 Å². The number of aryl methyl sites for hydroxylation is 3. The third-order valence-electron chi connectivity index (χ3n) is 4.90. The molecular weight excluding hydrogens is 276 g/mol. The van der Waals surface area contributed by atoms with Gasteiger partial charge in [-0.15, -0.1) is 0 Å². The largest absolute Gasteiger partial charge is 0.370 e. The molecule has 5 heteroatoms. The van der Waals surface area contributed by atoms with Crippen molar-refractivity contribution in [3.05, 3.63) is 40.8 Å². The molecule has 1 atom stereocenters. The van der Waals surface area contributed by atoms with Gasteiger partial charge in [-0.2, -0.15) is 0 Å². The first-order chi connectivity index (χ1) is 10.6. The van der Waals surface area contributed by atoms with Crippen LogP contribution in [-0.2, 0) is 12.8 Å². The van der Waals surface area contributed by atoms with E-state index in [0.29, 0.717) is 5.96 Å². The summed E-state index contributed by atoms with van der Waals surface area (Å²) in [7, 11) is 0. The summed E-state index contributed by atoms with van der Waals surface area (Å²) in [6, 6.07) is 6.52. The zero-order valence-corrected chi connectivity index (χ0v) is 12.9. The Labute approximate surface area is 129 Å². The molecular formula is C17H20N4O. The Balaban J connectivity index is 1.85. The molecule has 1 spiro atoms. The maximum Gasteiger partial charge on any atom is 0.189 e. The van der Waals surface area contributed by atoms with E-state index in [0.717, 1.165) is 42.8 Å². The van der Waals surface area contributed by atoms with Gasteiger partial charge >= 0.3 is 0 Å². The normalized spacial score (nSPS) is 23.3. The van der Waals surface area contributed by atoms with E-state index >= 15 is 0 Å². The highest BCUT2D eigenvalue weighted by atomic mass is 16.5. The molecule has 3 N–H and O–H groups in total. The lowest BCUT2D eigenvalue weighted by molar-refractivity contribution is 0.392. The Hall–Kier alpha value is -2.30. The molecule has 2 aromatic rings. The van der Waals surface area contributed by atoms with Crippen molar-refractivity contribution in [2.45, 2.75) is 38.6 Å². The van der Waals surface area contributed by atoms with E-state index in [9.17, 15) is 0 Å². The predicted molar refractivity (Wildman–Crippen MR) is 85.8 cm³/mol. The Kier molecular flexibility index (Phi) is 2.79. The van der Waals surface area contributed by atoms with Crippen LogP contribution in [0.5, 0.6) is 0 Å². The number of rotatable bonds is 1. The van der Waals surface area contributed by atoms with Crippen molar-refractivity contribution in [3.8, 4) is 11.1 Å². The van der Waals surface area contributed by atoms with Crippen molar-refractivity contribution in [3.63, 3.8) is 0 Å². The van der Waals surface area contributed by atoms with E-state index in [1.165, 1.54) is 16.7 Å². The van der Waals surface area contributed by atoms with Crippen LogP contribution in [0.15, 0.2) is 27.7 Å². The number of hydrogen-bond donors (Lipinski definition) is 2. The van der Waals surface area contributed by atoms with Crippen molar-refractivity contribution in [1.82, 2.24) is 10.5 Å². The molecule has 0 amide bonds. The minimum atomic E-state index is -0.0911. The minimum absolute atomic E-state index is 0.0911. The molecule has 114 valence electrons. The number of aliphatic imine (C=N–C) groups is 1. The van der Waals surface area contributed by atoms with Gasteiger partial charge in [0.2, 0.25) is 0 Å². The average Bonchev–Trinajstić information content (AvgIpc) is 3.02. The lowest BCUT2D eigenvalue weighted by atomic mass is 9.76. The smallest absolute Gasteiger partial charge is 0.189 e. The zero-order valence-electron chi connectivity index (χ0n) is 12.9. The van der Waals surface area contributed by atoms with Crippen LogP contribution >= 0.6 is 0 Å². The quantitative estimate of drug-likeness (QED) is 0.845. The maximum absolute atomic E-state index is 5.85. The fraction of sp³-hybridized carbons (Fsp3) is 0.412. The van der Waals surface area contributed by atoms with E-state index in [4.69, 9.17) is 10.3 Å². The van der Waals surface area contributed by atoms with Crippen LogP contribution in [0.4, 0.5) is 0 Å². The van der Waals surface area contributed by atoms with Crippen molar-refractivity contribution >= 4 is 5.96 Å². The Bertz CT molecular complexity index is 757. The Morgan fingerprint density at radius 3 is 2.86 bits per heavy atom. The van der Waals surface area contributed by atoms with Crippen molar-refractivity contribution < 1.29 is 4.52 Å². The minimum Gasteiger partial charge on any atom is -0.370 e. The molecule has 0 saturated heterocycles. The molecule has 1 aliphatic heterocycles. The molecule has 5 nitrogen and oxygen atoms in total. The van der Waals surface area contributed by atoms with Gasteiger partial charge in [-0.05, 0) is 43.4 Å². The van der Waals surface area contributed by atoms with Gasteiger partial charge in [-0.25, -0.2) is 4.99 Å². The summed E-state index contributed by atoms with van der Waals surface area (Å²) in [4.78, 5) is 4.69. The van der Waals surface area contributed by atoms with Crippen LogP contribution in [0.3, 0.4) is 0 Å². The second-order valence-electron chi connectivity index (χ2n) is 6.39. The van der Waals surface area contributed by atoms with Crippen LogP contribution in [-0.4, -0.2) is 23.2 Å². The summed E-state index contributed by atoms with van der Waals surface area (Å²) in [6.45, 7) is 4.80. The van der Waals surface area contributed by atoms with E-state index in [2.05, 4.69) is 33.7 Å². The topological polar surface area (TPSA) is 76.4 Å². The van der Waals surface area contributed by atoms with E-state index in [1.807, 2.05) is 13.8 Å². The molecule has 22 heavy (non-hydrogen) atoms. The number of nitrogens with one attached hydrogen (secondary N) is 1. The second-order valence-corrected chi connectivity index (χ2v) is 6.39. The molecule has 0 saturated carbocycles. The lowest BCUT2D eigenvalue weighted by Gasteiger charge is -2.32. The van der Waals surface area contributed by atoms with Gasteiger partial charge in [0.1, 0.15) is 5.76 Å². The van der Waals surface area contributed by atoms with E-state index in [1.54, 1.807) is 0 Å². The third-order valence-corrected chi connectivity index (χ3v) is 4.90. The zero-order chi connectivity index (χ0) is 15.3. The summed E-state index contributed by atoms with van der Waals surface area (Å²) in [5, 5.41) is 7.29. The van der Waals surface area contributed by atoms with Crippen LogP contribution in [0.2, 0.25) is 0 Å². The molecule has 0 bridgehead atoms. The Morgan fingerprint density at radius 2 is 2.18 bits per heavy atom. The van der Waals surface area contributed by atoms with Crippen LogP contribution in [0.1, 0.15) is 29.0 Å². The first-order valence-electron chi connectivity index (χ1n) is 7.71. The molecule has 1 aromatic carbocycles. The predicted octanol–water partition coefficient (Wildman–Crippen LogP) is 2.10. The molecule has 0 fully saturated rings. The fourth-order valence-corrected chi connectivity index (χ4v) is 3.80. The van der Waals surface area contributed by atoms with Gasteiger partial charge in [-0.3, -0.25) is 0 Å². The van der Waals surface area contributed by atoms with Crippen molar-refractivity contribution in [2.75, 3.05) is 6.54 Å². The van der Waals surface area contributed by atoms with E-state index in [-0.39, 0.29) is 5.54 Å². The molecule has 2 aliphatic rings. The summed E-state index contributed by atoms with van der Waals surface area (Å²) >= 11 is 0. The molecule has 1 unspecified atom stereocenters. The highest BCUT2D eigenvalue weighted by Gasteiger charge is 2.38. The number of aromatic nitrogens is 1. The SMILES string of the molecule is Cc1noc(C)c1-c1cccc2c1CC1(CC2)CNC(N)=N1. The molecule has 1 aliphatic carbocycles. The summed E-state index contributed by atoms with van der Waals surface area (Å²) < 4.78 is 5.36. The number of nitrogens with two attached hydrogens (primary N) is 1. The molecule has 0 radical (unpaired) electrons. The highest BCUT2D eigenvalue weighted by molar-refractivity contribution is 5.81. The maximum atomic E-state index is 5.85. The number of nitrogens with zero attached hydrogens (tertiary/aromatic N) is 2. The van der Waals surface area contributed by atoms with Gasteiger partial charge < -0.3 is 15.6 Å². The van der Waals surface area contributed by atoms with E-state index < -0.39 is 0 Å². The van der Waals surface area contributed by atoms with Gasteiger partial charge in [0.05, 0.1) is 11.2 Å². The molecule has 2 heterocycles. The number of guanidine groups is 1. The average molecular weight is 296 g/mol. The number of benzene rings is 1. The van der Waals surface area contributed by atoms with Gasteiger partial charge in [0.25, 0.3) is 0 Å². The fourth-order valence-electron chi connectivity index (χ4n) is 3.80. The monoisotopic (exact) mass is 296 g/mol. The number of hydrogen-bond acceptors (Lipinski definition) is 5. The number of fused-ring (bicyclic) bond motifs is 1. The lowest BCUT2D eigenvalue weighted by Crippen LogP contribution is -2.39. The first-order valence-corrected chi connectivity index (χ1v) is 7.71. The van der Waals surface area contributed by atoms with Crippen LogP contribution in [0.25, 0.3) is 11.1 Å². The summed E-state index contributed by atoms with van der Waals surface area (Å²) in [6.07, 6.45) is 2.99. The first kappa shape index (κ1) is 13.4. The molecule has 4 rings (SSSR count).